The number of rotatable bonds is 10. The lowest BCUT2D eigenvalue weighted by Crippen LogP contribution is -2.36. The summed E-state index contributed by atoms with van der Waals surface area (Å²) in [6.45, 7) is 3.44. The molecule has 0 unspecified atom stereocenters. The monoisotopic (exact) mass is 426 g/mol. The Bertz CT molecular complexity index is 796. The van der Waals surface area contributed by atoms with Crippen molar-refractivity contribution in [3.8, 4) is 11.5 Å². The van der Waals surface area contributed by atoms with E-state index >= 15 is 0 Å². The van der Waals surface area contributed by atoms with E-state index in [2.05, 4.69) is 15.6 Å². The van der Waals surface area contributed by atoms with E-state index in [1.165, 1.54) is 12.8 Å². The molecule has 0 saturated heterocycles. The first-order chi connectivity index (χ1) is 14.0. The molecule has 0 aromatic heterocycles. The van der Waals surface area contributed by atoms with Gasteiger partial charge < -0.3 is 24.8 Å². The number of primary sulfonamides is 1. The number of nitrogens with two attached hydrogens (primary N) is 1. The van der Waals surface area contributed by atoms with Crippen molar-refractivity contribution >= 4 is 21.7 Å². The quantitative estimate of drug-likeness (QED) is 0.293. The van der Waals surface area contributed by atoms with Crippen molar-refractivity contribution in [2.24, 2.45) is 16.0 Å². The molecule has 0 spiro atoms. The van der Waals surface area contributed by atoms with Gasteiger partial charge in [0.05, 0.1) is 19.0 Å². The molecule has 1 saturated carbocycles. The summed E-state index contributed by atoms with van der Waals surface area (Å²) in [4.78, 5) is 4.51. The van der Waals surface area contributed by atoms with Crippen LogP contribution in [0.3, 0.4) is 0 Å². The van der Waals surface area contributed by atoms with Gasteiger partial charge in [-0.3, -0.25) is 4.99 Å². The van der Waals surface area contributed by atoms with Gasteiger partial charge in [-0.2, -0.15) is 0 Å². The van der Waals surface area contributed by atoms with E-state index in [1.54, 1.807) is 0 Å². The maximum absolute atomic E-state index is 11.2. The van der Waals surface area contributed by atoms with E-state index in [-0.39, 0.29) is 12.3 Å². The van der Waals surface area contributed by atoms with Crippen LogP contribution in [0.15, 0.2) is 23.2 Å². The normalized spacial score (nSPS) is 16.9. The zero-order valence-electron chi connectivity index (χ0n) is 16.6. The Balaban J connectivity index is 1.55. The van der Waals surface area contributed by atoms with E-state index in [0.717, 1.165) is 31.1 Å². The van der Waals surface area contributed by atoms with E-state index < -0.39 is 10.0 Å². The second kappa shape index (κ2) is 10.7. The molecular formula is C19H30N4O5S. The molecule has 1 aliphatic carbocycles. The number of ether oxygens (including phenoxy) is 3. The van der Waals surface area contributed by atoms with Crippen LogP contribution < -0.4 is 25.2 Å². The molecule has 29 heavy (non-hydrogen) atoms. The standard InChI is InChI=1S/C19H30N4O5S/c20-29(24,25)12-8-22-19(21-7-1-9-26-14-15-3-4-15)23-16-5-6-17-18(13-16)28-11-2-10-27-17/h5-6,13,15H,1-4,7-12,14H2,(H2,20,24,25)(H2,21,22,23). The summed E-state index contributed by atoms with van der Waals surface area (Å²) in [5.41, 5.74) is 0.765. The van der Waals surface area contributed by atoms with Crippen molar-refractivity contribution in [2.45, 2.75) is 25.7 Å². The smallest absolute Gasteiger partial charge is 0.210 e. The van der Waals surface area contributed by atoms with Crippen molar-refractivity contribution in [1.29, 1.82) is 0 Å². The molecule has 1 aromatic rings. The molecule has 0 radical (unpaired) electrons. The number of nitrogens with zero attached hydrogens (tertiary/aromatic N) is 1. The minimum Gasteiger partial charge on any atom is -0.490 e. The van der Waals surface area contributed by atoms with Crippen LogP contribution in [0.1, 0.15) is 25.7 Å². The number of nitrogens with one attached hydrogen (secondary N) is 2. The fourth-order valence-electron chi connectivity index (χ4n) is 2.72. The Hall–Kier alpha value is -2.04. The number of guanidine groups is 1. The number of anilines is 1. The molecule has 10 heteroatoms. The number of benzene rings is 1. The summed E-state index contributed by atoms with van der Waals surface area (Å²) < 4.78 is 39.3. The Morgan fingerprint density at radius 1 is 1.24 bits per heavy atom. The molecule has 162 valence electrons. The van der Waals surface area contributed by atoms with Crippen LogP contribution in [0.25, 0.3) is 0 Å². The summed E-state index contributed by atoms with van der Waals surface area (Å²) in [6.07, 6.45) is 4.17. The largest absolute Gasteiger partial charge is 0.490 e. The summed E-state index contributed by atoms with van der Waals surface area (Å²) in [7, 11) is -3.55. The lowest BCUT2D eigenvalue weighted by molar-refractivity contribution is 0.123. The van der Waals surface area contributed by atoms with Crippen molar-refractivity contribution in [2.75, 3.05) is 50.6 Å². The Morgan fingerprint density at radius 3 is 2.79 bits per heavy atom. The molecule has 1 heterocycles. The average Bonchev–Trinajstić information content (AvgIpc) is 3.50. The van der Waals surface area contributed by atoms with Gasteiger partial charge in [-0.25, -0.2) is 13.6 Å². The minimum atomic E-state index is -3.55. The molecule has 1 aliphatic heterocycles. The number of hydrogen-bond donors (Lipinski definition) is 3. The third-order valence-electron chi connectivity index (χ3n) is 4.46. The second-order valence-electron chi connectivity index (χ2n) is 7.23. The summed E-state index contributed by atoms with van der Waals surface area (Å²) in [5.74, 6) is 2.42. The maximum atomic E-state index is 11.2. The lowest BCUT2D eigenvalue weighted by atomic mass is 10.3. The number of fused-ring (bicyclic) bond motifs is 1. The van der Waals surface area contributed by atoms with Gasteiger partial charge >= 0.3 is 0 Å². The first-order valence-electron chi connectivity index (χ1n) is 10.0. The minimum absolute atomic E-state index is 0.160. The van der Waals surface area contributed by atoms with Gasteiger partial charge in [0.15, 0.2) is 17.5 Å². The van der Waals surface area contributed by atoms with Crippen LogP contribution in [-0.4, -0.2) is 59.6 Å². The fourth-order valence-corrected chi connectivity index (χ4v) is 3.11. The first-order valence-corrected chi connectivity index (χ1v) is 11.7. The summed E-state index contributed by atoms with van der Waals surface area (Å²) in [5, 5.41) is 11.3. The maximum Gasteiger partial charge on any atom is 0.210 e. The lowest BCUT2D eigenvalue weighted by Gasteiger charge is -2.14. The van der Waals surface area contributed by atoms with Crippen LogP contribution in [0.4, 0.5) is 5.69 Å². The Labute approximate surface area is 172 Å². The predicted molar refractivity (Wildman–Crippen MR) is 112 cm³/mol. The molecule has 0 bridgehead atoms. The predicted octanol–water partition coefficient (Wildman–Crippen LogP) is 1.31. The number of sulfonamides is 1. The number of aliphatic imine (C=N–C) groups is 1. The molecule has 3 rings (SSSR count). The third-order valence-corrected chi connectivity index (χ3v) is 5.23. The molecule has 4 N–H and O–H groups in total. The van der Waals surface area contributed by atoms with Crippen molar-refractivity contribution < 1.29 is 22.6 Å². The van der Waals surface area contributed by atoms with Crippen molar-refractivity contribution in [3.05, 3.63) is 18.2 Å². The van der Waals surface area contributed by atoms with Gasteiger partial charge in [0.2, 0.25) is 10.0 Å². The van der Waals surface area contributed by atoms with Crippen LogP contribution >= 0.6 is 0 Å². The van der Waals surface area contributed by atoms with E-state index in [1.807, 2.05) is 18.2 Å². The van der Waals surface area contributed by atoms with Crippen LogP contribution in [0.5, 0.6) is 11.5 Å². The van der Waals surface area contributed by atoms with E-state index in [9.17, 15) is 8.42 Å². The van der Waals surface area contributed by atoms with Crippen molar-refractivity contribution in [3.63, 3.8) is 0 Å². The van der Waals surface area contributed by atoms with Gasteiger partial charge in [0.25, 0.3) is 0 Å². The highest BCUT2D eigenvalue weighted by atomic mass is 32.2. The summed E-state index contributed by atoms with van der Waals surface area (Å²) in [6, 6.07) is 5.55. The Kier molecular flexibility index (Phi) is 7.96. The van der Waals surface area contributed by atoms with E-state index in [4.69, 9.17) is 19.3 Å². The van der Waals surface area contributed by atoms with Gasteiger partial charge in [0.1, 0.15) is 0 Å². The second-order valence-corrected chi connectivity index (χ2v) is 8.97. The van der Waals surface area contributed by atoms with Gasteiger partial charge in [-0.1, -0.05) is 0 Å². The molecule has 2 aliphatic rings. The van der Waals surface area contributed by atoms with E-state index in [0.29, 0.717) is 43.8 Å². The zero-order chi connectivity index (χ0) is 20.5. The highest BCUT2D eigenvalue weighted by molar-refractivity contribution is 7.89. The molecule has 0 amide bonds. The highest BCUT2D eigenvalue weighted by Crippen LogP contribution is 2.32. The van der Waals surface area contributed by atoms with Crippen LogP contribution in [-0.2, 0) is 14.8 Å². The van der Waals surface area contributed by atoms with Crippen LogP contribution in [0, 0.1) is 5.92 Å². The summed E-state index contributed by atoms with van der Waals surface area (Å²) >= 11 is 0. The molecule has 0 atom stereocenters. The highest BCUT2D eigenvalue weighted by Gasteiger charge is 2.20. The molecule has 1 aromatic carbocycles. The van der Waals surface area contributed by atoms with Gasteiger partial charge in [-0.05, 0) is 37.3 Å². The molecular weight excluding hydrogens is 396 g/mol. The topological polar surface area (TPSA) is 124 Å². The van der Waals surface area contributed by atoms with Crippen LogP contribution in [0.2, 0.25) is 0 Å². The average molecular weight is 427 g/mol. The van der Waals surface area contributed by atoms with Gasteiger partial charge in [0, 0.05) is 44.5 Å². The van der Waals surface area contributed by atoms with Crippen molar-refractivity contribution in [1.82, 2.24) is 5.32 Å². The SMILES string of the molecule is NS(=O)(=O)CCNC(=NCCCOCC1CC1)Nc1ccc2c(c1)OCCCO2. The molecule has 9 nitrogen and oxygen atoms in total. The van der Waals surface area contributed by atoms with Gasteiger partial charge in [-0.15, -0.1) is 0 Å². The fraction of sp³-hybridized carbons (Fsp3) is 0.632. The third kappa shape index (κ3) is 8.46. The zero-order valence-corrected chi connectivity index (χ0v) is 17.4. The number of hydrogen-bond acceptors (Lipinski definition) is 6. The first kappa shape index (κ1) is 21.7. The molecule has 1 fully saturated rings. The Morgan fingerprint density at radius 2 is 2.03 bits per heavy atom.